The minimum atomic E-state index is -0.653. The van der Waals surface area contributed by atoms with E-state index >= 15 is 0 Å². The van der Waals surface area contributed by atoms with Crippen LogP contribution in [0.2, 0.25) is 5.02 Å². The maximum Gasteiger partial charge on any atom is 0.290 e. The molecule has 0 spiro atoms. The highest BCUT2D eigenvalue weighted by molar-refractivity contribution is 6.31. The fourth-order valence-corrected chi connectivity index (χ4v) is 1.36. The highest BCUT2D eigenvalue weighted by Gasteiger charge is 2.05. The monoisotopic (exact) mass is 213 g/mol. The van der Waals surface area contributed by atoms with E-state index in [-0.39, 0.29) is 5.02 Å². The Labute approximate surface area is 82.8 Å². The third-order valence-electron chi connectivity index (χ3n) is 1.87. The second-order valence-electron chi connectivity index (χ2n) is 2.84. The molecule has 0 saturated carbocycles. The van der Waals surface area contributed by atoms with Crippen LogP contribution in [0.3, 0.4) is 0 Å². The molecule has 0 aliphatic heterocycles. The Bertz CT molecular complexity index is 564. The Morgan fingerprint density at radius 2 is 2.07 bits per heavy atom. The molecule has 5 heteroatoms. The molecule has 0 saturated heterocycles. The normalized spacial score (nSPS) is 10.7. The third kappa shape index (κ3) is 1.33. The van der Waals surface area contributed by atoms with Crippen molar-refractivity contribution in [1.29, 1.82) is 0 Å². The lowest BCUT2D eigenvalue weighted by Gasteiger charge is -2.00. The molecular weight excluding hydrogens is 209 g/mol. The first-order chi connectivity index (χ1) is 6.58. The van der Waals surface area contributed by atoms with Gasteiger partial charge in [0.1, 0.15) is 5.82 Å². The number of halogens is 2. The van der Waals surface area contributed by atoms with E-state index in [1.807, 2.05) is 0 Å². The van der Waals surface area contributed by atoms with Crippen molar-refractivity contribution in [3.8, 4) is 5.75 Å². The number of benzene rings is 1. The molecule has 0 aliphatic carbocycles. The van der Waals surface area contributed by atoms with Crippen LogP contribution < -0.4 is 5.56 Å². The first-order valence-corrected chi connectivity index (χ1v) is 4.17. The summed E-state index contributed by atoms with van der Waals surface area (Å²) >= 11 is 5.53. The number of hydrogen-bond donors (Lipinski definition) is 2. The summed E-state index contributed by atoms with van der Waals surface area (Å²) in [6, 6.07) is 3.68. The van der Waals surface area contributed by atoms with Crippen molar-refractivity contribution in [3.05, 3.63) is 39.4 Å². The van der Waals surface area contributed by atoms with Crippen molar-refractivity contribution in [1.82, 2.24) is 4.98 Å². The summed E-state index contributed by atoms with van der Waals surface area (Å²) in [5.74, 6) is -1.03. The second kappa shape index (κ2) is 2.99. The van der Waals surface area contributed by atoms with Gasteiger partial charge in [-0.3, -0.25) is 4.79 Å². The topological polar surface area (TPSA) is 53.1 Å². The van der Waals surface area contributed by atoms with Gasteiger partial charge in [0.15, 0.2) is 5.75 Å². The standard InChI is InChI=1S/C9H5ClFNO2/c10-5-1-4-2-8(13)9(14)12-7(4)3-6(5)11/h1-3,13H,(H,12,14). The molecule has 0 aliphatic rings. The first kappa shape index (κ1) is 9.02. The molecular formula is C9H5ClFNO2. The van der Waals surface area contributed by atoms with Crippen LogP contribution in [0.4, 0.5) is 4.39 Å². The van der Waals surface area contributed by atoms with Gasteiger partial charge in [0.25, 0.3) is 5.56 Å². The first-order valence-electron chi connectivity index (χ1n) is 3.79. The molecule has 72 valence electrons. The fraction of sp³-hybridized carbons (Fsp3) is 0. The van der Waals surface area contributed by atoms with Gasteiger partial charge in [-0.15, -0.1) is 0 Å². The molecule has 0 atom stereocenters. The summed E-state index contributed by atoms with van der Waals surface area (Å²) in [7, 11) is 0. The number of H-pyrrole nitrogens is 1. The van der Waals surface area contributed by atoms with Crippen LogP contribution >= 0.6 is 11.6 Å². The van der Waals surface area contributed by atoms with E-state index in [4.69, 9.17) is 16.7 Å². The van der Waals surface area contributed by atoms with Crippen molar-refractivity contribution < 1.29 is 9.50 Å². The van der Waals surface area contributed by atoms with Crippen molar-refractivity contribution >= 4 is 22.5 Å². The van der Waals surface area contributed by atoms with Crippen LogP contribution in [0.15, 0.2) is 23.0 Å². The Balaban J connectivity index is 2.90. The SMILES string of the molecule is O=c1[nH]c2cc(F)c(Cl)cc2cc1O. The molecule has 0 unspecified atom stereocenters. The third-order valence-corrected chi connectivity index (χ3v) is 2.16. The number of fused-ring (bicyclic) bond motifs is 1. The van der Waals surface area contributed by atoms with E-state index in [0.717, 1.165) is 6.07 Å². The summed E-state index contributed by atoms with van der Waals surface area (Å²) in [5, 5.41) is 9.53. The van der Waals surface area contributed by atoms with Crippen LogP contribution in [0.1, 0.15) is 0 Å². The minimum Gasteiger partial charge on any atom is -0.503 e. The number of rotatable bonds is 0. The van der Waals surface area contributed by atoms with Gasteiger partial charge in [0, 0.05) is 5.39 Å². The molecule has 0 radical (unpaired) electrons. The van der Waals surface area contributed by atoms with Crippen LogP contribution in [0, 0.1) is 5.82 Å². The molecule has 1 heterocycles. The van der Waals surface area contributed by atoms with Crippen LogP contribution in [0.25, 0.3) is 10.9 Å². The molecule has 14 heavy (non-hydrogen) atoms. The van der Waals surface area contributed by atoms with Gasteiger partial charge < -0.3 is 10.1 Å². The highest BCUT2D eigenvalue weighted by Crippen LogP contribution is 2.22. The lowest BCUT2D eigenvalue weighted by atomic mass is 10.2. The predicted octanol–water partition coefficient (Wildman–Crippen LogP) is 2.03. The van der Waals surface area contributed by atoms with Crippen LogP contribution in [0.5, 0.6) is 5.75 Å². The average Bonchev–Trinajstić information content (AvgIpc) is 2.11. The maximum atomic E-state index is 13.0. The molecule has 0 bridgehead atoms. The largest absolute Gasteiger partial charge is 0.503 e. The predicted molar refractivity (Wildman–Crippen MR) is 51.2 cm³/mol. The highest BCUT2D eigenvalue weighted by atomic mass is 35.5. The van der Waals surface area contributed by atoms with E-state index in [2.05, 4.69) is 4.98 Å². The zero-order chi connectivity index (χ0) is 10.3. The lowest BCUT2D eigenvalue weighted by Crippen LogP contribution is -2.04. The van der Waals surface area contributed by atoms with Crippen LogP contribution in [-0.4, -0.2) is 10.1 Å². The zero-order valence-corrected chi connectivity index (χ0v) is 7.60. The fourth-order valence-electron chi connectivity index (χ4n) is 1.19. The van der Waals surface area contributed by atoms with Gasteiger partial charge in [-0.1, -0.05) is 11.6 Å². The molecule has 2 aromatic rings. The summed E-state index contributed by atoms with van der Waals surface area (Å²) in [5.41, 5.74) is -0.353. The Morgan fingerprint density at radius 3 is 2.79 bits per heavy atom. The second-order valence-corrected chi connectivity index (χ2v) is 3.24. The average molecular weight is 214 g/mol. The quantitative estimate of drug-likeness (QED) is 0.704. The van der Waals surface area contributed by atoms with Gasteiger partial charge in [-0.25, -0.2) is 4.39 Å². The maximum absolute atomic E-state index is 13.0. The number of nitrogens with one attached hydrogen (secondary N) is 1. The number of pyridine rings is 1. The van der Waals surface area contributed by atoms with E-state index in [9.17, 15) is 9.18 Å². The Hall–Kier alpha value is -1.55. The minimum absolute atomic E-state index is 0.0519. The summed E-state index contributed by atoms with van der Waals surface area (Å²) in [4.78, 5) is 13.3. The van der Waals surface area contributed by atoms with E-state index < -0.39 is 17.1 Å². The van der Waals surface area contributed by atoms with Gasteiger partial charge in [0.05, 0.1) is 10.5 Å². The summed E-state index contributed by atoms with van der Waals surface area (Å²) in [6.45, 7) is 0. The Kier molecular flexibility index (Phi) is 1.93. The zero-order valence-electron chi connectivity index (χ0n) is 6.84. The van der Waals surface area contributed by atoms with E-state index in [0.29, 0.717) is 10.9 Å². The van der Waals surface area contributed by atoms with Gasteiger partial charge in [-0.05, 0) is 18.2 Å². The van der Waals surface area contributed by atoms with Crippen molar-refractivity contribution in [2.24, 2.45) is 0 Å². The lowest BCUT2D eigenvalue weighted by molar-refractivity contribution is 0.468. The van der Waals surface area contributed by atoms with Crippen molar-refractivity contribution in [2.45, 2.75) is 0 Å². The molecule has 1 aromatic carbocycles. The van der Waals surface area contributed by atoms with Gasteiger partial charge in [-0.2, -0.15) is 0 Å². The number of aromatic hydroxyl groups is 1. The Morgan fingerprint density at radius 1 is 1.36 bits per heavy atom. The number of hydrogen-bond acceptors (Lipinski definition) is 2. The summed E-state index contributed by atoms with van der Waals surface area (Å²) < 4.78 is 13.0. The van der Waals surface area contributed by atoms with E-state index in [1.54, 1.807) is 0 Å². The van der Waals surface area contributed by atoms with E-state index in [1.165, 1.54) is 12.1 Å². The number of aromatic amines is 1. The van der Waals surface area contributed by atoms with Crippen molar-refractivity contribution in [2.75, 3.05) is 0 Å². The molecule has 3 nitrogen and oxygen atoms in total. The van der Waals surface area contributed by atoms with Crippen LogP contribution in [-0.2, 0) is 0 Å². The smallest absolute Gasteiger partial charge is 0.290 e. The molecule has 1 aromatic heterocycles. The number of aromatic nitrogens is 1. The van der Waals surface area contributed by atoms with Gasteiger partial charge >= 0.3 is 0 Å². The molecule has 2 rings (SSSR count). The molecule has 0 fully saturated rings. The van der Waals surface area contributed by atoms with Gasteiger partial charge in [0.2, 0.25) is 0 Å². The molecule has 2 N–H and O–H groups in total. The summed E-state index contributed by atoms with van der Waals surface area (Å²) in [6.07, 6.45) is 0. The molecule has 0 amide bonds. The van der Waals surface area contributed by atoms with Crippen molar-refractivity contribution in [3.63, 3.8) is 0 Å².